The summed E-state index contributed by atoms with van der Waals surface area (Å²) in [6.07, 6.45) is 4.85. The summed E-state index contributed by atoms with van der Waals surface area (Å²) in [5.41, 5.74) is 0.994. The molecule has 0 unspecified atom stereocenters. The van der Waals surface area contributed by atoms with Gasteiger partial charge in [0.1, 0.15) is 0 Å². The Morgan fingerprint density at radius 1 is 0.455 bits per heavy atom. The van der Waals surface area contributed by atoms with Crippen LogP contribution in [0.25, 0.3) is 0 Å². The van der Waals surface area contributed by atoms with E-state index < -0.39 is 0 Å². The molecule has 1 nitrogen and oxygen atoms in total. The minimum absolute atomic E-state index is 0. The summed E-state index contributed by atoms with van der Waals surface area (Å²) in [7, 11) is 0. The van der Waals surface area contributed by atoms with Crippen LogP contribution in [0.5, 0.6) is 0 Å². The molecule has 0 aliphatic carbocycles. The van der Waals surface area contributed by atoms with Crippen LogP contribution in [0.4, 0.5) is 0 Å². The lowest BCUT2D eigenvalue weighted by molar-refractivity contribution is -1.09. The summed E-state index contributed by atoms with van der Waals surface area (Å²) in [4.78, 5) is 0. The van der Waals surface area contributed by atoms with Crippen molar-refractivity contribution in [3.05, 3.63) is 0 Å². The van der Waals surface area contributed by atoms with Crippen molar-refractivity contribution in [1.29, 1.82) is 0 Å². The van der Waals surface area contributed by atoms with E-state index in [2.05, 4.69) is 83.1 Å². The van der Waals surface area contributed by atoms with Gasteiger partial charge in [-0.15, -0.1) is 0 Å². The van der Waals surface area contributed by atoms with Gasteiger partial charge in [-0.05, 0) is 81.1 Å². The third kappa shape index (κ3) is 3.38. The molecule has 0 saturated heterocycles. The molecule has 0 aromatic rings. The van der Waals surface area contributed by atoms with Gasteiger partial charge in [-0.1, -0.05) is 27.7 Å². The summed E-state index contributed by atoms with van der Waals surface area (Å²) >= 11 is 0. The first-order valence-corrected chi connectivity index (χ1v) is 9.14. The number of quaternary nitrogens is 1. The second-order valence-corrected chi connectivity index (χ2v) is 9.33. The van der Waals surface area contributed by atoms with Crippen LogP contribution in [0.15, 0.2) is 0 Å². The lowest BCUT2D eigenvalue weighted by atomic mass is 9.69. The maximum atomic E-state index is 2.50. The van der Waals surface area contributed by atoms with Crippen molar-refractivity contribution in [2.45, 2.75) is 131 Å². The minimum Gasteiger partial charge on any atom is -1.00 e. The van der Waals surface area contributed by atoms with Crippen LogP contribution in [-0.2, 0) is 0 Å². The molecular formula is C20H44IN. The number of nitrogens with zero attached hydrogens (tertiary/aromatic N) is 1. The predicted molar refractivity (Wildman–Crippen MR) is 97.7 cm³/mol. The van der Waals surface area contributed by atoms with Crippen molar-refractivity contribution in [2.24, 2.45) is 0 Å². The van der Waals surface area contributed by atoms with E-state index >= 15 is 0 Å². The predicted octanol–water partition coefficient (Wildman–Crippen LogP) is 3.56. The molecule has 0 aliphatic heterocycles. The summed E-state index contributed by atoms with van der Waals surface area (Å²) in [5.74, 6) is 0. The Kier molecular flexibility index (Phi) is 8.75. The molecule has 0 bridgehead atoms. The normalized spacial score (nSPS) is 14.7. The lowest BCUT2D eigenvalue weighted by Gasteiger charge is -2.72. The van der Waals surface area contributed by atoms with Gasteiger partial charge < -0.3 is 28.5 Å². The van der Waals surface area contributed by atoms with E-state index in [0.717, 1.165) is 0 Å². The van der Waals surface area contributed by atoms with E-state index in [1.807, 2.05) is 0 Å². The van der Waals surface area contributed by atoms with Gasteiger partial charge in [0, 0.05) is 0 Å². The third-order valence-corrected chi connectivity index (χ3v) is 7.09. The fourth-order valence-electron chi connectivity index (χ4n) is 5.86. The Bertz CT molecular complexity index is 270. The molecule has 0 aromatic carbocycles. The quantitative estimate of drug-likeness (QED) is 0.412. The monoisotopic (exact) mass is 425 g/mol. The van der Waals surface area contributed by atoms with Crippen molar-refractivity contribution in [3.63, 3.8) is 0 Å². The van der Waals surface area contributed by atoms with E-state index in [9.17, 15) is 0 Å². The van der Waals surface area contributed by atoms with E-state index in [1.54, 1.807) is 0 Å². The van der Waals surface area contributed by atoms with Crippen LogP contribution >= 0.6 is 0 Å². The van der Waals surface area contributed by atoms with Gasteiger partial charge >= 0.3 is 0 Å². The average molecular weight is 425 g/mol. The zero-order chi connectivity index (χ0) is 17.3. The summed E-state index contributed by atoms with van der Waals surface area (Å²) in [6, 6.07) is 0. The van der Waals surface area contributed by atoms with E-state index in [1.165, 1.54) is 30.2 Å². The third-order valence-electron chi connectivity index (χ3n) is 7.09. The fraction of sp³-hybridized carbons (Fsp3) is 1.00. The van der Waals surface area contributed by atoms with Crippen molar-refractivity contribution in [1.82, 2.24) is 0 Å². The molecule has 0 aromatic heterocycles. The standard InChI is InChI=1S/C20H44N.HI/c1-13-17(5,6)21(18(7,8)14-2,19(9,10)15-3)20(11,12)16-4;/h13-16H2,1-12H3;1H/q+1;/p-1. The Morgan fingerprint density at radius 2 is 0.591 bits per heavy atom. The molecule has 0 aliphatic rings. The van der Waals surface area contributed by atoms with E-state index in [-0.39, 0.29) is 46.1 Å². The first-order valence-electron chi connectivity index (χ1n) is 9.14. The topological polar surface area (TPSA) is 0 Å². The molecule has 0 saturated carbocycles. The van der Waals surface area contributed by atoms with Gasteiger partial charge in [-0.25, -0.2) is 0 Å². The van der Waals surface area contributed by atoms with Gasteiger partial charge in [0.25, 0.3) is 0 Å². The Labute approximate surface area is 159 Å². The summed E-state index contributed by atoms with van der Waals surface area (Å²) in [5, 5.41) is 0. The van der Waals surface area contributed by atoms with Crippen molar-refractivity contribution in [3.8, 4) is 0 Å². The lowest BCUT2D eigenvalue weighted by Crippen LogP contribution is -3.00. The van der Waals surface area contributed by atoms with Crippen LogP contribution in [0.2, 0.25) is 0 Å². The second kappa shape index (κ2) is 7.72. The maximum Gasteiger partial charge on any atom is 0.0944 e. The van der Waals surface area contributed by atoms with Gasteiger partial charge in [0.15, 0.2) is 0 Å². The van der Waals surface area contributed by atoms with Crippen LogP contribution in [0.3, 0.4) is 0 Å². The minimum atomic E-state index is 0. The average Bonchev–Trinajstić information content (AvgIpc) is 2.37. The highest BCUT2D eigenvalue weighted by atomic mass is 127. The highest BCUT2D eigenvalue weighted by molar-refractivity contribution is 4.93. The SMILES string of the molecule is CCC(C)(C)[N+](C(C)(C)CC)(C(C)(C)CC)C(C)(C)CC.[I-]. The zero-order valence-corrected chi connectivity index (χ0v) is 19.8. The maximum absolute atomic E-state index is 2.50. The first kappa shape index (κ1) is 24.9. The van der Waals surface area contributed by atoms with Gasteiger partial charge in [-0.3, -0.25) is 0 Å². The van der Waals surface area contributed by atoms with Crippen LogP contribution in [0, 0.1) is 0 Å². The van der Waals surface area contributed by atoms with Crippen LogP contribution in [-0.4, -0.2) is 26.6 Å². The first-order chi connectivity index (χ1) is 9.24. The molecule has 0 N–H and O–H groups in total. The molecule has 0 heterocycles. The van der Waals surface area contributed by atoms with E-state index in [4.69, 9.17) is 0 Å². The van der Waals surface area contributed by atoms with Crippen LogP contribution in [0.1, 0.15) is 109 Å². The number of hydrogen-bond acceptors (Lipinski definition) is 0. The zero-order valence-electron chi connectivity index (χ0n) is 17.7. The second-order valence-electron chi connectivity index (χ2n) is 9.33. The fourth-order valence-corrected chi connectivity index (χ4v) is 5.86. The molecule has 0 spiro atoms. The molecule has 0 radical (unpaired) electrons. The van der Waals surface area contributed by atoms with Gasteiger partial charge in [-0.2, -0.15) is 0 Å². The number of halogens is 1. The molecule has 136 valence electrons. The Morgan fingerprint density at radius 3 is 0.682 bits per heavy atom. The Hall–Kier alpha value is 0.690. The van der Waals surface area contributed by atoms with Gasteiger partial charge in [0.2, 0.25) is 0 Å². The molecule has 2 heteroatoms. The molecular weight excluding hydrogens is 381 g/mol. The summed E-state index contributed by atoms with van der Waals surface area (Å²) in [6.45, 7) is 29.5. The largest absolute Gasteiger partial charge is 1.00 e. The molecule has 0 atom stereocenters. The smallest absolute Gasteiger partial charge is 0.0944 e. The molecule has 22 heavy (non-hydrogen) atoms. The summed E-state index contributed by atoms with van der Waals surface area (Å²) < 4.78 is 1.18. The molecule has 0 amide bonds. The van der Waals surface area contributed by atoms with Crippen molar-refractivity contribution < 1.29 is 28.5 Å². The van der Waals surface area contributed by atoms with Crippen molar-refractivity contribution in [2.75, 3.05) is 0 Å². The van der Waals surface area contributed by atoms with Crippen molar-refractivity contribution >= 4 is 0 Å². The molecule has 0 fully saturated rings. The van der Waals surface area contributed by atoms with Crippen LogP contribution < -0.4 is 24.0 Å². The van der Waals surface area contributed by atoms with Gasteiger partial charge in [0.05, 0.1) is 22.2 Å². The highest BCUT2D eigenvalue weighted by Crippen LogP contribution is 2.54. The highest BCUT2D eigenvalue weighted by Gasteiger charge is 2.65. The van der Waals surface area contributed by atoms with E-state index in [0.29, 0.717) is 0 Å². The molecule has 0 rings (SSSR count). The number of hydrogen-bond donors (Lipinski definition) is 0. The number of rotatable bonds is 8. The Balaban J connectivity index is 0.